The monoisotopic (exact) mass is 195 g/mol. The zero-order valence-corrected chi connectivity index (χ0v) is 8.66. The van der Waals surface area contributed by atoms with E-state index in [-0.39, 0.29) is 6.61 Å². The van der Waals surface area contributed by atoms with E-state index in [1.54, 1.807) is 7.11 Å². The molecule has 1 aromatic rings. The molecule has 14 heavy (non-hydrogen) atoms. The lowest BCUT2D eigenvalue weighted by atomic mass is 9.95. The highest BCUT2D eigenvalue weighted by molar-refractivity contribution is 5.28. The third-order valence-electron chi connectivity index (χ3n) is 2.13. The van der Waals surface area contributed by atoms with Gasteiger partial charge in [0.1, 0.15) is 5.75 Å². The van der Waals surface area contributed by atoms with Gasteiger partial charge in [-0.15, -0.1) is 0 Å². The maximum atomic E-state index is 9.01. The topological polar surface area (TPSA) is 55.5 Å². The number of aliphatic hydroxyl groups excluding tert-OH is 1. The van der Waals surface area contributed by atoms with Gasteiger partial charge in [0, 0.05) is 5.54 Å². The molecule has 0 saturated heterocycles. The first-order chi connectivity index (χ1) is 6.57. The summed E-state index contributed by atoms with van der Waals surface area (Å²) >= 11 is 0. The number of rotatable bonds is 4. The van der Waals surface area contributed by atoms with Crippen LogP contribution in [0.5, 0.6) is 5.75 Å². The van der Waals surface area contributed by atoms with Crippen LogP contribution in [0.25, 0.3) is 0 Å². The Morgan fingerprint density at radius 2 is 1.93 bits per heavy atom. The molecule has 0 aliphatic rings. The second kappa shape index (κ2) is 4.44. The lowest BCUT2D eigenvalue weighted by Crippen LogP contribution is -2.42. The first kappa shape index (κ1) is 11.0. The summed E-state index contributed by atoms with van der Waals surface area (Å²) in [5.41, 5.74) is 6.39. The molecular formula is C11H17NO2. The minimum absolute atomic E-state index is 0.0149. The highest BCUT2D eigenvalue weighted by Gasteiger charge is 2.17. The van der Waals surface area contributed by atoms with Crippen molar-refractivity contribution in [3.05, 3.63) is 29.8 Å². The molecule has 78 valence electrons. The average Bonchev–Trinajstić information content (AvgIpc) is 2.19. The Morgan fingerprint density at radius 1 is 1.36 bits per heavy atom. The Balaban J connectivity index is 2.69. The third-order valence-corrected chi connectivity index (χ3v) is 2.13. The maximum Gasteiger partial charge on any atom is 0.118 e. The minimum Gasteiger partial charge on any atom is -0.497 e. The molecule has 3 heteroatoms. The third kappa shape index (κ3) is 3.01. The van der Waals surface area contributed by atoms with E-state index in [2.05, 4.69) is 0 Å². The normalized spacial score (nSPS) is 14.9. The second-order valence-corrected chi connectivity index (χ2v) is 3.84. The molecule has 1 rings (SSSR count). The first-order valence-electron chi connectivity index (χ1n) is 4.60. The predicted molar refractivity (Wildman–Crippen MR) is 56.4 cm³/mol. The molecule has 0 saturated carbocycles. The van der Waals surface area contributed by atoms with Gasteiger partial charge >= 0.3 is 0 Å². The number of hydrogen-bond acceptors (Lipinski definition) is 3. The molecule has 0 radical (unpaired) electrons. The molecule has 1 aromatic carbocycles. The van der Waals surface area contributed by atoms with E-state index in [4.69, 9.17) is 15.6 Å². The number of nitrogens with two attached hydrogens (primary N) is 1. The van der Waals surface area contributed by atoms with Gasteiger partial charge in [0.2, 0.25) is 0 Å². The van der Waals surface area contributed by atoms with E-state index >= 15 is 0 Å². The highest BCUT2D eigenvalue weighted by Crippen LogP contribution is 2.15. The first-order valence-corrected chi connectivity index (χ1v) is 4.60. The van der Waals surface area contributed by atoms with Gasteiger partial charge in [0.15, 0.2) is 0 Å². The summed E-state index contributed by atoms with van der Waals surface area (Å²) < 4.78 is 5.04. The Bertz CT molecular complexity index is 280. The summed E-state index contributed by atoms with van der Waals surface area (Å²) in [6, 6.07) is 7.70. The van der Waals surface area contributed by atoms with Crippen LogP contribution in [-0.4, -0.2) is 24.4 Å². The van der Waals surface area contributed by atoms with Gasteiger partial charge in [-0.3, -0.25) is 0 Å². The highest BCUT2D eigenvalue weighted by atomic mass is 16.5. The molecule has 0 bridgehead atoms. The molecule has 0 aliphatic heterocycles. The van der Waals surface area contributed by atoms with E-state index in [0.29, 0.717) is 6.42 Å². The largest absolute Gasteiger partial charge is 0.497 e. The van der Waals surface area contributed by atoms with Crippen molar-refractivity contribution in [2.75, 3.05) is 13.7 Å². The second-order valence-electron chi connectivity index (χ2n) is 3.84. The van der Waals surface area contributed by atoms with Crippen molar-refractivity contribution in [2.24, 2.45) is 5.73 Å². The number of methoxy groups -OCH3 is 1. The smallest absolute Gasteiger partial charge is 0.118 e. The van der Waals surface area contributed by atoms with Crippen LogP contribution in [-0.2, 0) is 6.42 Å². The number of hydrogen-bond donors (Lipinski definition) is 2. The zero-order valence-electron chi connectivity index (χ0n) is 8.66. The van der Waals surface area contributed by atoms with Crippen LogP contribution in [0.15, 0.2) is 24.3 Å². The van der Waals surface area contributed by atoms with E-state index in [1.807, 2.05) is 31.2 Å². The van der Waals surface area contributed by atoms with Crippen LogP contribution < -0.4 is 10.5 Å². The van der Waals surface area contributed by atoms with Gasteiger partial charge in [-0.2, -0.15) is 0 Å². The van der Waals surface area contributed by atoms with Crippen molar-refractivity contribution >= 4 is 0 Å². The Hall–Kier alpha value is -1.06. The zero-order chi connectivity index (χ0) is 10.6. The van der Waals surface area contributed by atoms with Crippen LogP contribution in [0.2, 0.25) is 0 Å². The Kier molecular flexibility index (Phi) is 3.49. The average molecular weight is 195 g/mol. The summed E-state index contributed by atoms with van der Waals surface area (Å²) in [6.45, 7) is 1.82. The van der Waals surface area contributed by atoms with Crippen molar-refractivity contribution in [3.8, 4) is 5.75 Å². The molecule has 0 spiro atoms. The molecule has 3 nitrogen and oxygen atoms in total. The molecule has 0 aliphatic carbocycles. The summed E-state index contributed by atoms with van der Waals surface area (Å²) in [5.74, 6) is 0.830. The van der Waals surface area contributed by atoms with Gasteiger partial charge in [-0.05, 0) is 31.0 Å². The molecule has 0 amide bonds. The van der Waals surface area contributed by atoms with Crippen molar-refractivity contribution in [3.63, 3.8) is 0 Å². The predicted octanol–water partition coefficient (Wildman–Crippen LogP) is 0.947. The minimum atomic E-state index is -0.547. The molecule has 0 aromatic heterocycles. The van der Waals surface area contributed by atoms with E-state index in [0.717, 1.165) is 11.3 Å². The van der Waals surface area contributed by atoms with Gasteiger partial charge < -0.3 is 15.6 Å². The fourth-order valence-corrected chi connectivity index (χ4v) is 1.27. The van der Waals surface area contributed by atoms with Crippen LogP contribution in [0, 0.1) is 0 Å². The van der Waals surface area contributed by atoms with Gasteiger partial charge in [-0.25, -0.2) is 0 Å². The molecule has 1 unspecified atom stereocenters. The lowest BCUT2D eigenvalue weighted by Gasteiger charge is -2.21. The van der Waals surface area contributed by atoms with Crippen molar-refractivity contribution in [1.29, 1.82) is 0 Å². The van der Waals surface area contributed by atoms with E-state index < -0.39 is 5.54 Å². The van der Waals surface area contributed by atoms with Gasteiger partial charge in [-0.1, -0.05) is 12.1 Å². The van der Waals surface area contributed by atoms with Crippen LogP contribution >= 0.6 is 0 Å². The standard InChI is InChI=1S/C11H17NO2/c1-11(12,8-13)7-9-3-5-10(14-2)6-4-9/h3-6,13H,7-8,12H2,1-2H3. The van der Waals surface area contributed by atoms with E-state index in [9.17, 15) is 0 Å². The summed E-state index contributed by atoms with van der Waals surface area (Å²) in [7, 11) is 1.63. The summed E-state index contributed by atoms with van der Waals surface area (Å²) in [6.07, 6.45) is 0.660. The molecule has 1 atom stereocenters. The fraction of sp³-hybridized carbons (Fsp3) is 0.455. The molecule has 3 N–H and O–H groups in total. The molecule has 0 heterocycles. The van der Waals surface area contributed by atoms with Crippen molar-refractivity contribution in [2.45, 2.75) is 18.9 Å². The van der Waals surface area contributed by atoms with Gasteiger partial charge in [0.05, 0.1) is 13.7 Å². The number of benzene rings is 1. The van der Waals surface area contributed by atoms with Crippen LogP contribution in [0.1, 0.15) is 12.5 Å². The molecule has 0 fully saturated rings. The van der Waals surface area contributed by atoms with E-state index in [1.165, 1.54) is 0 Å². The molecular weight excluding hydrogens is 178 g/mol. The number of aliphatic hydroxyl groups is 1. The van der Waals surface area contributed by atoms with Crippen LogP contribution in [0.3, 0.4) is 0 Å². The van der Waals surface area contributed by atoms with Gasteiger partial charge in [0.25, 0.3) is 0 Å². The van der Waals surface area contributed by atoms with Crippen LogP contribution in [0.4, 0.5) is 0 Å². The Labute approximate surface area is 84.5 Å². The summed E-state index contributed by atoms with van der Waals surface area (Å²) in [5, 5.41) is 9.01. The lowest BCUT2D eigenvalue weighted by molar-refractivity contribution is 0.208. The SMILES string of the molecule is COc1ccc(CC(C)(N)CO)cc1. The fourth-order valence-electron chi connectivity index (χ4n) is 1.27. The Morgan fingerprint density at radius 3 is 2.36 bits per heavy atom. The number of ether oxygens (including phenoxy) is 1. The van der Waals surface area contributed by atoms with Crippen molar-refractivity contribution < 1.29 is 9.84 Å². The maximum absolute atomic E-state index is 9.01. The quantitative estimate of drug-likeness (QED) is 0.752. The van der Waals surface area contributed by atoms with Crippen molar-refractivity contribution in [1.82, 2.24) is 0 Å². The summed E-state index contributed by atoms with van der Waals surface area (Å²) in [4.78, 5) is 0.